The van der Waals surface area contributed by atoms with Crippen molar-refractivity contribution in [3.63, 3.8) is 0 Å². The van der Waals surface area contributed by atoms with E-state index >= 15 is 0 Å². The van der Waals surface area contributed by atoms with Crippen molar-refractivity contribution in [2.45, 2.75) is 33.1 Å². The molecule has 1 unspecified atom stereocenters. The van der Waals surface area contributed by atoms with Crippen molar-refractivity contribution in [2.24, 2.45) is 5.92 Å². The maximum atomic E-state index is 12.5. The van der Waals surface area contributed by atoms with Crippen LogP contribution >= 0.6 is 11.3 Å². The second kappa shape index (κ2) is 6.48. The molecule has 1 atom stereocenters. The molecule has 1 aliphatic heterocycles. The van der Waals surface area contributed by atoms with E-state index in [1.807, 2.05) is 6.07 Å². The Morgan fingerprint density at radius 1 is 1.48 bits per heavy atom. The lowest BCUT2D eigenvalue weighted by Gasteiger charge is -2.19. The summed E-state index contributed by atoms with van der Waals surface area (Å²) in [5.41, 5.74) is 1.25. The Morgan fingerprint density at radius 3 is 2.76 bits per heavy atom. The lowest BCUT2D eigenvalue weighted by molar-refractivity contribution is 0.0782. The van der Waals surface area contributed by atoms with Crippen LogP contribution in [0.2, 0.25) is 0 Å². The van der Waals surface area contributed by atoms with Gasteiger partial charge in [0.1, 0.15) is 0 Å². The van der Waals surface area contributed by atoms with E-state index in [0.29, 0.717) is 13.0 Å². The average Bonchev–Trinajstić information content (AvgIpc) is 2.92. The average molecular weight is 329 g/mol. The van der Waals surface area contributed by atoms with Crippen LogP contribution < -0.4 is 0 Å². The summed E-state index contributed by atoms with van der Waals surface area (Å²) in [5, 5.41) is 0. The van der Waals surface area contributed by atoms with Crippen molar-refractivity contribution < 1.29 is 13.2 Å². The zero-order valence-electron chi connectivity index (χ0n) is 12.9. The third kappa shape index (κ3) is 4.07. The van der Waals surface area contributed by atoms with Crippen LogP contribution in [0.3, 0.4) is 0 Å². The van der Waals surface area contributed by atoms with Crippen LogP contribution in [0.25, 0.3) is 0 Å². The van der Waals surface area contributed by atoms with Crippen molar-refractivity contribution in [1.82, 2.24) is 4.90 Å². The summed E-state index contributed by atoms with van der Waals surface area (Å²) in [6.45, 7) is 4.71. The second-order valence-electron chi connectivity index (χ2n) is 5.90. The molecule has 0 saturated carbocycles. The van der Waals surface area contributed by atoms with Crippen molar-refractivity contribution >= 4 is 27.1 Å². The van der Waals surface area contributed by atoms with Crippen molar-refractivity contribution in [1.29, 1.82) is 0 Å². The number of carbonyl (C=O) groups excluding carboxylic acids is 1. The first-order valence-electron chi connectivity index (χ1n) is 7.37. The first kappa shape index (κ1) is 16.5. The van der Waals surface area contributed by atoms with Crippen LogP contribution in [-0.2, 0) is 16.3 Å². The Kier molecular flexibility index (Phi) is 5.09. The summed E-state index contributed by atoms with van der Waals surface area (Å²) in [6, 6.07) is 1.99. The number of thiophene rings is 1. The second-order valence-corrected chi connectivity index (χ2v) is 9.38. The zero-order chi connectivity index (χ0) is 15.6. The van der Waals surface area contributed by atoms with Gasteiger partial charge in [-0.3, -0.25) is 4.79 Å². The highest BCUT2D eigenvalue weighted by atomic mass is 32.2. The lowest BCUT2D eigenvalue weighted by Crippen LogP contribution is -2.31. The highest BCUT2D eigenvalue weighted by Crippen LogP contribution is 2.25. The molecular weight excluding hydrogens is 306 g/mol. The van der Waals surface area contributed by atoms with Gasteiger partial charge >= 0.3 is 0 Å². The molecular formula is C15H23NO3S2. The largest absolute Gasteiger partial charge is 0.341 e. The third-order valence-electron chi connectivity index (χ3n) is 3.96. The minimum Gasteiger partial charge on any atom is -0.341 e. The van der Waals surface area contributed by atoms with Gasteiger partial charge in [-0.2, -0.15) is 0 Å². The molecule has 0 spiro atoms. The van der Waals surface area contributed by atoms with Crippen LogP contribution in [-0.4, -0.2) is 44.3 Å². The molecule has 2 heterocycles. The van der Waals surface area contributed by atoms with E-state index in [4.69, 9.17) is 0 Å². The summed E-state index contributed by atoms with van der Waals surface area (Å²) in [5.74, 6) is 0.572. The fraction of sp³-hybridized carbons (Fsp3) is 0.667. The number of rotatable bonds is 5. The molecule has 1 saturated heterocycles. The monoisotopic (exact) mass is 329 g/mol. The molecule has 0 radical (unpaired) electrons. The molecule has 118 valence electrons. The molecule has 0 aliphatic carbocycles. The molecule has 1 aromatic heterocycles. The number of hydrogen-bond acceptors (Lipinski definition) is 4. The Morgan fingerprint density at radius 2 is 2.19 bits per heavy atom. The standard InChI is InChI=1S/C15H23NO3S2/c1-4-5-13-8-14(20-11(13)2)15(17)16(3)9-12-6-7-21(18,19)10-12/h8,12H,4-7,9-10H2,1-3H3. The summed E-state index contributed by atoms with van der Waals surface area (Å²) >= 11 is 1.54. The topological polar surface area (TPSA) is 54.5 Å². The van der Waals surface area contributed by atoms with E-state index in [1.165, 1.54) is 21.8 Å². The fourth-order valence-electron chi connectivity index (χ4n) is 2.82. The first-order valence-corrected chi connectivity index (χ1v) is 10.0. The maximum absolute atomic E-state index is 12.5. The SMILES string of the molecule is CCCc1cc(C(=O)N(C)CC2CCS(=O)(=O)C2)sc1C. The fourth-order valence-corrected chi connectivity index (χ4v) is 5.73. The molecule has 1 amide bonds. The summed E-state index contributed by atoms with van der Waals surface area (Å²) in [6.07, 6.45) is 2.74. The molecule has 0 bridgehead atoms. The molecule has 6 heteroatoms. The highest BCUT2D eigenvalue weighted by Gasteiger charge is 2.30. The van der Waals surface area contributed by atoms with Crippen LogP contribution in [0.15, 0.2) is 6.07 Å². The van der Waals surface area contributed by atoms with Gasteiger partial charge < -0.3 is 4.90 Å². The van der Waals surface area contributed by atoms with E-state index in [0.717, 1.165) is 17.7 Å². The van der Waals surface area contributed by atoms with Crippen molar-refractivity contribution in [3.8, 4) is 0 Å². The van der Waals surface area contributed by atoms with Gasteiger partial charge in [0.05, 0.1) is 16.4 Å². The van der Waals surface area contributed by atoms with E-state index in [-0.39, 0.29) is 23.3 Å². The van der Waals surface area contributed by atoms with Gasteiger partial charge in [-0.15, -0.1) is 11.3 Å². The Labute approximate surface area is 131 Å². The molecule has 1 aromatic rings. The van der Waals surface area contributed by atoms with Crippen LogP contribution in [0.4, 0.5) is 0 Å². The van der Waals surface area contributed by atoms with E-state index in [2.05, 4.69) is 13.8 Å². The summed E-state index contributed by atoms with van der Waals surface area (Å²) in [4.78, 5) is 16.1. The van der Waals surface area contributed by atoms with Gasteiger partial charge in [-0.25, -0.2) is 8.42 Å². The number of hydrogen-bond donors (Lipinski definition) is 0. The van der Waals surface area contributed by atoms with Gasteiger partial charge in [-0.05, 0) is 37.3 Å². The molecule has 2 rings (SSSR count). The minimum atomic E-state index is -2.88. The van der Waals surface area contributed by atoms with Crippen LogP contribution in [0.1, 0.15) is 39.9 Å². The number of amides is 1. The van der Waals surface area contributed by atoms with Crippen molar-refractivity contribution in [3.05, 3.63) is 21.4 Å². The Hall–Kier alpha value is -0.880. The van der Waals surface area contributed by atoms with Gasteiger partial charge in [0.15, 0.2) is 9.84 Å². The minimum absolute atomic E-state index is 0.00903. The van der Waals surface area contributed by atoms with Crippen LogP contribution in [0, 0.1) is 12.8 Å². The smallest absolute Gasteiger partial charge is 0.263 e. The number of nitrogens with zero attached hydrogens (tertiary/aromatic N) is 1. The maximum Gasteiger partial charge on any atom is 0.263 e. The molecule has 1 aliphatic rings. The number of carbonyl (C=O) groups is 1. The van der Waals surface area contributed by atoms with Gasteiger partial charge in [0.25, 0.3) is 5.91 Å². The number of sulfone groups is 1. The lowest BCUT2D eigenvalue weighted by atomic mass is 10.1. The Bertz CT molecular complexity index is 619. The van der Waals surface area contributed by atoms with Crippen LogP contribution in [0.5, 0.6) is 0 Å². The van der Waals surface area contributed by atoms with E-state index < -0.39 is 9.84 Å². The van der Waals surface area contributed by atoms with E-state index in [1.54, 1.807) is 11.9 Å². The normalized spacial score (nSPS) is 20.6. The van der Waals surface area contributed by atoms with Gasteiger partial charge in [0.2, 0.25) is 0 Å². The van der Waals surface area contributed by atoms with Gasteiger partial charge in [0, 0.05) is 18.5 Å². The quantitative estimate of drug-likeness (QED) is 0.834. The predicted octanol–water partition coefficient (Wildman–Crippen LogP) is 2.52. The predicted molar refractivity (Wildman–Crippen MR) is 86.8 cm³/mol. The van der Waals surface area contributed by atoms with Gasteiger partial charge in [-0.1, -0.05) is 13.3 Å². The van der Waals surface area contributed by atoms with E-state index in [9.17, 15) is 13.2 Å². The van der Waals surface area contributed by atoms with Crippen molar-refractivity contribution in [2.75, 3.05) is 25.1 Å². The Balaban J connectivity index is 2.01. The molecule has 21 heavy (non-hydrogen) atoms. The first-order chi connectivity index (χ1) is 9.82. The third-order valence-corrected chi connectivity index (χ3v) is 6.87. The summed E-state index contributed by atoms with van der Waals surface area (Å²) < 4.78 is 23.0. The molecule has 0 aromatic carbocycles. The summed E-state index contributed by atoms with van der Waals surface area (Å²) in [7, 11) is -1.11. The molecule has 4 nitrogen and oxygen atoms in total. The highest BCUT2D eigenvalue weighted by molar-refractivity contribution is 7.91. The molecule has 1 fully saturated rings. The zero-order valence-corrected chi connectivity index (χ0v) is 14.5. The number of aryl methyl sites for hydroxylation is 2. The molecule has 0 N–H and O–H groups in total.